The van der Waals surface area contributed by atoms with Crippen LogP contribution in [0, 0.1) is 5.82 Å². The van der Waals surface area contributed by atoms with E-state index in [0.29, 0.717) is 10.6 Å². The summed E-state index contributed by atoms with van der Waals surface area (Å²) in [6.45, 7) is 5.52. The van der Waals surface area contributed by atoms with Gasteiger partial charge in [-0.3, -0.25) is 9.59 Å². The number of rotatable bonds is 6. The van der Waals surface area contributed by atoms with E-state index in [9.17, 15) is 14.0 Å². The second-order valence-corrected chi connectivity index (χ2v) is 6.63. The molecule has 2 amide bonds. The molecule has 2 rings (SSSR count). The van der Waals surface area contributed by atoms with Gasteiger partial charge in [0.2, 0.25) is 5.91 Å². The third-order valence-electron chi connectivity index (χ3n) is 3.51. The number of aryl methyl sites for hydroxylation is 2. The Kier molecular flexibility index (Phi) is 6.09. The molecule has 0 spiro atoms. The number of anilines is 2. The third-order valence-corrected chi connectivity index (χ3v) is 4.75. The molecule has 24 heavy (non-hydrogen) atoms. The van der Waals surface area contributed by atoms with Gasteiger partial charge in [0.05, 0.1) is 10.6 Å². The maximum atomic E-state index is 13.9. The van der Waals surface area contributed by atoms with E-state index in [1.165, 1.54) is 46.9 Å². The molecule has 4 nitrogen and oxygen atoms in total. The molecular weight excluding hydrogens is 327 g/mol. The molecule has 2 aromatic rings. The minimum absolute atomic E-state index is 0.0507. The molecule has 0 atom stereocenters. The first-order chi connectivity index (χ1) is 11.4. The van der Waals surface area contributed by atoms with E-state index >= 15 is 0 Å². The Bertz CT molecular complexity index is 755. The van der Waals surface area contributed by atoms with Crippen molar-refractivity contribution in [3.05, 3.63) is 45.4 Å². The number of benzene rings is 1. The zero-order valence-corrected chi connectivity index (χ0v) is 14.8. The summed E-state index contributed by atoms with van der Waals surface area (Å²) >= 11 is 1.45. The largest absolute Gasteiger partial charge is 0.326 e. The Morgan fingerprint density at radius 2 is 1.92 bits per heavy atom. The lowest BCUT2D eigenvalue weighted by molar-refractivity contribution is -0.114. The fourth-order valence-corrected chi connectivity index (χ4v) is 3.65. The second-order valence-electron chi connectivity index (χ2n) is 5.49. The predicted molar refractivity (Wildman–Crippen MR) is 96.3 cm³/mol. The number of amides is 2. The highest BCUT2D eigenvalue weighted by Gasteiger charge is 2.15. The van der Waals surface area contributed by atoms with Crippen LogP contribution in [0.1, 0.15) is 47.3 Å². The molecule has 0 aliphatic heterocycles. The zero-order chi connectivity index (χ0) is 17.7. The van der Waals surface area contributed by atoms with Crippen LogP contribution in [0.4, 0.5) is 15.8 Å². The highest BCUT2D eigenvalue weighted by Crippen LogP contribution is 2.26. The molecule has 0 bridgehead atoms. The van der Waals surface area contributed by atoms with Gasteiger partial charge in [-0.15, -0.1) is 11.3 Å². The number of carbonyl (C=O) groups is 2. The fraction of sp³-hybridized carbons (Fsp3) is 0.333. The second kappa shape index (κ2) is 8.06. The van der Waals surface area contributed by atoms with Crippen molar-refractivity contribution in [3.8, 4) is 0 Å². The molecule has 0 aliphatic rings. The standard InChI is InChI=1S/C18H21FN2O2S/c1-4-6-16-12(5-2)9-17(24-16)18(23)21-15-10-13(20-11(3)22)7-8-14(15)19/h7-10H,4-6H2,1-3H3,(H,20,22)(H,21,23). The summed E-state index contributed by atoms with van der Waals surface area (Å²) in [5, 5.41) is 5.16. The molecular formula is C18H21FN2O2S. The highest BCUT2D eigenvalue weighted by molar-refractivity contribution is 7.14. The highest BCUT2D eigenvalue weighted by atomic mass is 32.1. The number of thiophene rings is 1. The lowest BCUT2D eigenvalue weighted by atomic mass is 10.1. The number of hydrogen-bond donors (Lipinski definition) is 2. The van der Waals surface area contributed by atoms with Crippen molar-refractivity contribution in [1.82, 2.24) is 0 Å². The summed E-state index contributed by atoms with van der Waals surface area (Å²) in [7, 11) is 0. The molecule has 0 radical (unpaired) electrons. The quantitative estimate of drug-likeness (QED) is 0.801. The van der Waals surface area contributed by atoms with Crippen LogP contribution >= 0.6 is 11.3 Å². The molecule has 1 heterocycles. The normalized spacial score (nSPS) is 10.5. The van der Waals surface area contributed by atoms with Crippen molar-refractivity contribution < 1.29 is 14.0 Å². The summed E-state index contributed by atoms with van der Waals surface area (Å²) in [4.78, 5) is 25.3. The third kappa shape index (κ3) is 4.41. The van der Waals surface area contributed by atoms with Gasteiger partial charge in [0.25, 0.3) is 5.91 Å². The number of halogens is 1. The van der Waals surface area contributed by atoms with E-state index in [2.05, 4.69) is 24.5 Å². The minimum Gasteiger partial charge on any atom is -0.326 e. The van der Waals surface area contributed by atoms with Gasteiger partial charge in [0.1, 0.15) is 5.82 Å². The van der Waals surface area contributed by atoms with Gasteiger partial charge in [-0.25, -0.2) is 4.39 Å². The van der Waals surface area contributed by atoms with Gasteiger partial charge < -0.3 is 10.6 Å². The predicted octanol–water partition coefficient (Wildman–Crippen LogP) is 4.61. The van der Waals surface area contributed by atoms with Crippen LogP contribution in [-0.4, -0.2) is 11.8 Å². The van der Waals surface area contributed by atoms with E-state index in [0.717, 1.165) is 19.3 Å². The molecule has 0 saturated carbocycles. The van der Waals surface area contributed by atoms with E-state index in [1.54, 1.807) is 0 Å². The molecule has 6 heteroatoms. The fourth-order valence-electron chi connectivity index (χ4n) is 2.40. The van der Waals surface area contributed by atoms with Crippen LogP contribution in [0.25, 0.3) is 0 Å². The molecule has 0 fully saturated rings. The first kappa shape index (κ1) is 18.1. The van der Waals surface area contributed by atoms with Gasteiger partial charge in [-0.2, -0.15) is 0 Å². The molecule has 0 unspecified atom stereocenters. The minimum atomic E-state index is -0.543. The van der Waals surface area contributed by atoms with Gasteiger partial charge in [0.15, 0.2) is 0 Å². The van der Waals surface area contributed by atoms with Gasteiger partial charge in [-0.05, 0) is 42.7 Å². The zero-order valence-electron chi connectivity index (χ0n) is 14.0. The van der Waals surface area contributed by atoms with Crippen LogP contribution in [-0.2, 0) is 17.6 Å². The average molecular weight is 348 g/mol. The lowest BCUT2D eigenvalue weighted by Gasteiger charge is -2.08. The van der Waals surface area contributed by atoms with E-state index < -0.39 is 5.82 Å². The molecule has 128 valence electrons. The summed E-state index contributed by atoms with van der Waals surface area (Å²) in [6, 6.07) is 5.96. The number of nitrogens with one attached hydrogen (secondary N) is 2. The maximum Gasteiger partial charge on any atom is 0.265 e. The average Bonchev–Trinajstić information content (AvgIpc) is 2.93. The van der Waals surface area contributed by atoms with Crippen molar-refractivity contribution in [2.45, 2.75) is 40.0 Å². The van der Waals surface area contributed by atoms with Crippen LogP contribution in [0.15, 0.2) is 24.3 Å². The Morgan fingerprint density at radius 3 is 2.54 bits per heavy atom. The first-order valence-corrected chi connectivity index (χ1v) is 8.76. The van der Waals surface area contributed by atoms with E-state index in [-0.39, 0.29) is 17.5 Å². The van der Waals surface area contributed by atoms with Crippen LogP contribution in [0.5, 0.6) is 0 Å². The molecule has 1 aromatic carbocycles. The summed E-state index contributed by atoms with van der Waals surface area (Å²) in [6.07, 6.45) is 2.82. The van der Waals surface area contributed by atoms with Crippen LogP contribution in [0.3, 0.4) is 0 Å². The van der Waals surface area contributed by atoms with Gasteiger partial charge >= 0.3 is 0 Å². The van der Waals surface area contributed by atoms with Crippen LogP contribution in [0.2, 0.25) is 0 Å². The monoisotopic (exact) mass is 348 g/mol. The Hall–Kier alpha value is -2.21. The van der Waals surface area contributed by atoms with Gasteiger partial charge in [0, 0.05) is 17.5 Å². The Morgan fingerprint density at radius 1 is 1.17 bits per heavy atom. The van der Waals surface area contributed by atoms with Gasteiger partial charge in [-0.1, -0.05) is 20.3 Å². The molecule has 0 saturated heterocycles. The van der Waals surface area contributed by atoms with Crippen molar-refractivity contribution >= 4 is 34.5 Å². The molecule has 2 N–H and O–H groups in total. The van der Waals surface area contributed by atoms with Crippen molar-refractivity contribution in [1.29, 1.82) is 0 Å². The lowest BCUT2D eigenvalue weighted by Crippen LogP contribution is -2.12. The van der Waals surface area contributed by atoms with Crippen molar-refractivity contribution in [2.24, 2.45) is 0 Å². The Labute approximate surface area is 145 Å². The maximum absolute atomic E-state index is 13.9. The number of hydrogen-bond acceptors (Lipinski definition) is 3. The SMILES string of the molecule is CCCc1sc(C(=O)Nc2cc(NC(C)=O)ccc2F)cc1CC. The first-order valence-electron chi connectivity index (χ1n) is 7.94. The topological polar surface area (TPSA) is 58.2 Å². The summed E-state index contributed by atoms with van der Waals surface area (Å²) in [5.41, 5.74) is 1.65. The molecule has 0 aliphatic carbocycles. The Balaban J connectivity index is 2.21. The summed E-state index contributed by atoms with van der Waals surface area (Å²) in [5.74, 6) is -1.14. The van der Waals surface area contributed by atoms with E-state index in [1.807, 2.05) is 6.07 Å². The molecule has 1 aromatic heterocycles. The van der Waals surface area contributed by atoms with E-state index in [4.69, 9.17) is 0 Å². The van der Waals surface area contributed by atoms with Crippen LogP contribution < -0.4 is 10.6 Å². The number of carbonyl (C=O) groups excluding carboxylic acids is 2. The van der Waals surface area contributed by atoms with Crippen molar-refractivity contribution in [3.63, 3.8) is 0 Å². The smallest absolute Gasteiger partial charge is 0.265 e. The summed E-state index contributed by atoms with van der Waals surface area (Å²) < 4.78 is 13.9. The van der Waals surface area contributed by atoms with Crippen molar-refractivity contribution in [2.75, 3.05) is 10.6 Å².